The molecule has 1 atom stereocenters. The van der Waals surface area contributed by atoms with Crippen molar-refractivity contribution >= 4 is 5.91 Å². The van der Waals surface area contributed by atoms with Gasteiger partial charge in [0.25, 0.3) is 5.91 Å². The van der Waals surface area contributed by atoms with Gasteiger partial charge < -0.3 is 14.8 Å². The summed E-state index contributed by atoms with van der Waals surface area (Å²) < 4.78 is 5.45. The Hall–Kier alpha value is -1.70. The fraction of sp³-hybridized carbons (Fsp3) is 0.684. The van der Waals surface area contributed by atoms with Crippen LogP contribution in [0.2, 0.25) is 0 Å². The number of nitrogens with zero attached hydrogens (tertiary/aromatic N) is 3. The Bertz CT molecular complexity index is 565. The molecule has 1 aliphatic heterocycles. The van der Waals surface area contributed by atoms with Crippen LogP contribution in [0.1, 0.15) is 43.1 Å². The van der Waals surface area contributed by atoms with E-state index in [1.807, 2.05) is 19.9 Å². The van der Waals surface area contributed by atoms with Crippen molar-refractivity contribution in [2.45, 2.75) is 39.3 Å². The number of rotatable bonds is 10. The van der Waals surface area contributed by atoms with Crippen LogP contribution in [0, 0.1) is 5.92 Å². The fourth-order valence-corrected chi connectivity index (χ4v) is 2.90. The zero-order valence-corrected chi connectivity index (χ0v) is 16.0. The summed E-state index contributed by atoms with van der Waals surface area (Å²) in [6.07, 6.45) is 4.59. The summed E-state index contributed by atoms with van der Waals surface area (Å²) in [5.41, 5.74) is 0.338. The molecule has 0 bridgehead atoms. The lowest BCUT2D eigenvalue weighted by atomic mass is 10.1. The first-order valence-electron chi connectivity index (χ1n) is 9.44. The number of piperazine rings is 1. The molecule has 2 heterocycles. The van der Waals surface area contributed by atoms with E-state index < -0.39 is 0 Å². The second-order valence-corrected chi connectivity index (χ2v) is 7.33. The molecule has 0 radical (unpaired) electrons. The Balaban J connectivity index is 1.72. The minimum Gasteiger partial charge on any atom is -0.447 e. The number of amides is 1. The molecule has 0 spiro atoms. The monoisotopic (exact) mass is 364 g/mol. The number of carbonyl (C=O) groups is 1. The van der Waals surface area contributed by atoms with Crippen molar-refractivity contribution in [3.63, 3.8) is 0 Å². The minimum absolute atomic E-state index is 0.188. The zero-order valence-electron chi connectivity index (χ0n) is 16.0. The molecule has 1 fully saturated rings. The lowest BCUT2D eigenvalue weighted by Gasteiger charge is -2.34. The number of carbonyl (C=O) groups excluding carboxylic acids is 1. The van der Waals surface area contributed by atoms with E-state index in [0.717, 1.165) is 39.0 Å². The van der Waals surface area contributed by atoms with Crippen molar-refractivity contribution in [3.8, 4) is 0 Å². The number of hydrogen-bond acceptors (Lipinski definition) is 6. The maximum Gasteiger partial charge on any atom is 0.273 e. The first-order chi connectivity index (χ1) is 12.5. The Morgan fingerprint density at radius 3 is 2.73 bits per heavy atom. The number of oxazole rings is 1. The van der Waals surface area contributed by atoms with E-state index in [4.69, 9.17) is 4.42 Å². The highest BCUT2D eigenvalue weighted by molar-refractivity contribution is 5.91. The summed E-state index contributed by atoms with van der Waals surface area (Å²) in [7, 11) is 0. The molecule has 0 saturated carbocycles. The third kappa shape index (κ3) is 6.90. The molecule has 0 aliphatic carbocycles. The Morgan fingerprint density at radius 1 is 1.38 bits per heavy atom. The van der Waals surface area contributed by atoms with Gasteiger partial charge in [-0.1, -0.05) is 19.9 Å². The lowest BCUT2D eigenvalue weighted by molar-refractivity contribution is 0.0642. The Morgan fingerprint density at radius 2 is 2.08 bits per heavy atom. The highest BCUT2D eigenvalue weighted by Crippen LogP contribution is 2.10. The van der Waals surface area contributed by atoms with Crippen molar-refractivity contribution in [3.05, 3.63) is 30.5 Å². The molecular weight excluding hydrogens is 332 g/mol. The third-order valence-electron chi connectivity index (χ3n) is 4.45. The van der Waals surface area contributed by atoms with Crippen molar-refractivity contribution < 1.29 is 14.3 Å². The van der Waals surface area contributed by atoms with Crippen LogP contribution in [-0.4, -0.2) is 71.2 Å². The highest BCUT2D eigenvalue weighted by atomic mass is 16.3. The van der Waals surface area contributed by atoms with Crippen LogP contribution in [0.15, 0.2) is 23.3 Å². The Kier molecular flexibility index (Phi) is 8.28. The third-order valence-corrected chi connectivity index (χ3v) is 4.45. The number of allylic oxidation sites excluding steroid dienone is 1. The van der Waals surface area contributed by atoms with Gasteiger partial charge in [0, 0.05) is 39.3 Å². The first-order valence-corrected chi connectivity index (χ1v) is 9.44. The molecule has 7 nitrogen and oxygen atoms in total. The van der Waals surface area contributed by atoms with Gasteiger partial charge in [-0.3, -0.25) is 14.6 Å². The zero-order chi connectivity index (χ0) is 18.9. The number of aromatic nitrogens is 1. The number of aliphatic hydroxyl groups is 1. The van der Waals surface area contributed by atoms with E-state index in [1.54, 1.807) is 0 Å². The van der Waals surface area contributed by atoms with E-state index >= 15 is 0 Å². The Labute approximate surface area is 156 Å². The second kappa shape index (κ2) is 10.4. The number of aliphatic hydroxyl groups excluding tert-OH is 1. The molecule has 1 unspecified atom stereocenters. The normalized spacial score (nSPS) is 17.4. The maximum atomic E-state index is 12.0. The van der Waals surface area contributed by atoms with Gasteiger partial charge in [-0.25, -0.2) is 4.98 Å². The van der Waals surface area contributed by atoms with Crippen molar-refractivity contribution in [1.82, 2.24) is 20.1 Å². The van der Waals surface area contributed by atoms with Gasteiger partial charge in [0.1, 0.15) is 6.26 Å². The molecule has 1 aromatic rings. The highest BCUT2D eigenvalue weighted by Gasteiger charge is 2.21. The SMILES string of the molecule is C=CCCC(O)CN1CCN(Cc2nc(C(=O)NCC(C)C)co2)CC1. The van der Waals surface area contributed by atoms with Crippen LogP contribution in [-0.2, 0) is 6.54 Å². The van der Waals surface area contributed by atoms with Gasteiger partial charge >= 0.3 is 0 Å². The molecule has 2 N–H and O–H groups in total. The van der Waals surface area contributed by atoms with Gasteiger partial charge in [0.15, 0.2) is 5.69 Å². The number of nitrogens with one attached hydrogen (secondary N) is 1. The standard InChI is InChI=1S/C19H32N4O3/c1-4-5-6-16(24)12-22-7-9-23(10-8-22)13-18-21-17(14-26-18)19(25)20-11-15(2)3/h4,14-16,24H,1,5-13H2,2-3H3,(H,20,25). The molecule has 1 aromatic heterocycles. The maximum absolute atomic E-state index is 12.0. The predicted octanol–water partition coefficient (Wildman–Crippen LogP) is 1.51. The van der Waals surface area contributed by atoms with Gasteiger partial charge in [-0.05, 0) is 18.8 Å². The van der Waals surface area contributed by atoms with Gasteiger partial charge in [0.05, 0.1) is 12.6 Å². The molecule has 0 aromatic carbocycles. The van der Waals surface area contributed by atoms with Crippen LogP contribution >= 0.6 is 0 Å². The van der Waals surface area contributed by atoms with Crippen molar-refractivity contribution in [2.24, 2.45) is 5.92 Å². The number of hydrogen-bond donors (Lipinski definition) is 2. The van der Waals surface area contributed by atoms with E-state index in [9.17, 15) is 9.90 Å². The molecule has 1 aliphatic rings. The predicted molar refractivity (Wildman–Crippen MR) is 101 cm³/mol. The summed E-state index contributed by atoms with van der Waals surface area (Å²) in [5, 5.41) is 12.8. The summed E-state index contributed by atoms with van der Waals surface area (Å²) in [6, 6.07) is 0. The lowest BCUT2D eigenvalue weighted by Crippen LogP contribution is -2.48. The second-order valence-electron chi connectivity index (χ2n) is 7.33. The summed E-state index contributed by atoms with van der Waals surface area (Å²) in [4.78, 5) is 20.8. The van der Waals surface area contributed by atoms with Crippen LogP contribution in [0.3, 0.4) is 0 Å². The van der Waals surface area contributed by atoms with Gasteiger partial charge in [-0.15, -0.1) is 6.58 Å². The topological polar surface area (TPSA) is 81.8 Å². The first kappa shape index (κ1) is 20.6. The molecule has 26 heavy (non-hydrogen) atoms. The van der Waals surface area contributed by atoms with E-state index in [1.165, 1.54) is 6.26 Å². The van der Waals surface area contributed by atoms with E-state index in [0.29, 0.717) is 37.1 Å². The van der Waals surface area contributed by atoms with Crippen LogP contribution < -0.4 is 5.32 Å². The van der Waals surface area contributed by atoms with Crippen LogP contribution in [0.4, 0.5) is 0 Å². The molecular formula is C19H32N4O3. The fourth-order valence-electron chi connectivity index (χ4n) is 2.90. The van der Waals surface area contributed by atoms with Crippen molar-refractivity contribution in [2.75, 3.05) is 39.3 Å². The molecule has 1 amide bonds. The molecule has 2 rings (SSSR count). The average Bonchev–Trinajstić information content (AvgIpc) is 3.08. The number of β-amino-alcohol motifs (C(OH)–C–C–N with tert-alkyl or cyclic N) is 1. The quantitative estimate of drug-likeness (QED) is 0.613. The molecule has 1 saturated heterocycles. The van der Waals surface area contributed by atoms with Gasteiger partial charge in [-0.2, -0.15) is 0 Å². The van der Waals surface area contributed by atoms with E-state index in [2.05, 4.69) is 26.7 Å². The molecule has 146 valence electrons. The smallest absolute Gasteiger partial charge is 0.273 e. The minimum atomic E-state index is -0.293. The summed E-state index contributed by atoms with van der Waals surface area (Å²) >= 11 is 0. The van der Waals surface area contributed by atoms with Crippen LogP contribution in [0.5, 0.6) is 0 Å². The summed E-state index contributed by atoms with van der Waals surface area (Å²) in [6.45, 7) is 13.3. The van der Waals surface area contributed by atoms with Crippen molar-refractivity contribution in [1.29, 1.82) is 0 Å². The van der Waals surface area contributed by atoms with Crippen LogP contribution in [0.25, 0.3) is 0 Å². The largest absolute Gasteiger partial charge is 0.447 e. The van der Waals surface area contributed by atoms with Gasteiger partial charge in [0.2, 0.25) is 5.89 Å². The van der Waals surface area contributed by atoms with E-state index in [-0.39, 0.29) is 12.0 Å². The molecule has 7 heteroatoms. The summed E-state index contributed by atoms with van der Waals surface area (Å²) in [5.74, 6) is 0.781. The average molecular weight is 364 g/mol.